The van der Waals surface area contributed by atoms with E-state index in [1.54, 1.807) is 7.11 Å². The zero-order valence-electron chi connectivity index (χ0n) is 12.9. The van der Waals surface area contributed by atoms with Gasteiger partial charge in [-0.25, -0.2) is 0 Å². The van der Waals surface area contributed by atoms with Gasteiger partial charge in [0.2, 0.25) is 0 Å². The van der Waals surface area contributed by atoms with Crippen molar-refractivity contribution in [3.05, 3.63) is 41.7 Å². The first-order valence-corrected chi connectivity index (χ1v) is 7.21. The molecule has 5 nitrogen and oxygen atoms in total. The quantitative estimate of drug-likeness (QED) is 0.851. The molecule has 0 amide bonds. The van der Waals surface area contributed by atoms with E-state index in [0.29, 0.717) is 30.7 Å². The van der Waals surface area contributed by atoms with Crippen molar-refractivity contribution >= 4 is 0 Å². The second-order valence-corrected chi connectivity index (χ2v) is 5.02. The molecule has 1 aromatic carbocycles. The summed E-state index contributed by atoms with van der Waals surface area (Å²) in [5.41, 5.74) is 7.54. The Morgan fingerprint density at radius 1 is 1.29 bits per heavy atom. The minimum Gasteiger partial charge on any atom is -0.493 e. The van der Waals surface area contributed by atoms with E-state index in [2.05, 4.69) is 18.9 Å². The van der Waals surface area contributed by atoms with Crippen molar-refractivity contribution in [2.75, 3.05) is 7.11 Å². The average molecular weight is 289 g/mol. The molecule has 114 valence electrons. The van der Waals surface area contributed by atoms with Gasteiger partial charge in [0.05, 0.1) is 12.8 Å². The zero-order chi connectivity index (χ0) is 15.2. The molecule has 0 aliphatic carbocycles. The third-order valence-corrected chi connectivity index (χ3v) is 3.55. The van der Waals surface area contributed by atoms with Crippen LogP contribution in [0, 0.1) is 0 Å². The van der Waals surface area contributed by atoms with Crippen LogP contribution in [0.3, 0.4) is 0 Å². The van der Waals surface area contributed by atoms with Gasteiger partial charge in [0, 0.05) is 18.8 Å². The molecule has 2 N–H and O–H groups in total. The predicted molar refractivity (Wildman–Crippen MR) is 82.4 cm³/mol. The standard InChI is InChI=1S/C16H23N3O2/c1-4-12(2)19-8-7-14(18-19)11-21-15-6-5-13(10-17)9-16(15)20-3/h5-9,12H,4,10-11,17H2,1-3H3. The van der Waals surface area contributed by atoms with Gasteiger partial charge in [-0.15, -0.1) is 0 Å². The minimum absolute atomic E-state index is 0.400. The van der Waals surface area contributed by atoms with Crippen LogP contribution in [0.4, 0.5) is 0 Å². The highest BCUT2D eigenvalue weighted by Crippen LogP contribution is 2.28. The molecule has 0 fully saturated rings. The van der Waals surface area contributed by atoms with Crippen LogP contribution < -0.4 is 15.2 Å². The van der Waals surface area contributed by atoms with Crippen LogP contribution in [0.2, 0.25) is 0 Å². The highest BCUT2D eigenvalue weighted by Gasteiger charge is 2.08. The minimum atomic E-state index is 0.400. The van der Waals surface area contributed by atoms with Gasteiger partial charge in [0.1, 0.15) is 6.61 Å². The van der Waals surface area contributed by atoms with E-state index >= 15 is 0 Å². The summed E-state index contributed by atoms with van der Waals surface area (Å²) in [5, 5.41) is 4.52. The summed E-state index contributed by atoms with van der Waals surface area (Å²) in [4.78, 5) is 0. The van der Waals surface area contributed by atoms with Gasteiger partial charge in [0.25, 0.3) is 0 Å². The van der Waals surface area contributed by atoms with Gasteiger partial charge in [-0.3, -0.25) is 4.68 Å². The van der Waals surface area contributed by atoms with E-state index in [4.69, 9.17) is 15.2 Å². The first-order valence-electron chi connectivity index (χ1n) is 7.21. The number of hydrogen-bond donors (Lipinski definition) is 1. The lowest BCUT2D eigenvalue weighted by molar-refractivity contribution is 0.278. The molecule has 5 heteroatoms. The number of methoxy groups -OCH3 is 1. The van der Waals surface area contributed by atoms with Gasteiger partial charge < -0.3 is 15.2 Å². The van der Waals surface area contributed by atoms with Gasteiger partial charge in [-0.2, -0.15) is 5.10 Å². The lowest BCUT2D eigenvalue weighted by atomic mass is 10.2. The normalized spacial score (nSPS) is 12.2. The van der Waals surface area contributed by atoms with E-state index in [0.717, 1.165) is 17.7 Å². The maximum atomic E-state index is 5.80. The van der Waals surface area contributed by atoms with Crippen LogP contribution in [0.15, 0.2) is 30.5 Å². The first-order chi connectivity index (χ1) is 10.2. The van der Waals surface area contributed by atoms with Crippen molar-refractivity contribution in [2.45, 2.75) is 39.5 Å². The summed E-state index contributed by atoms with van der Waals surface area (Å²) >= 11 is 0. The molecule has 0 aliphatic heterocycles. The largest absolute Gasteiger partial charge is 0.493 e. The Morgan fingerprint density at radius 2 is 2.10 bits per heavy atom. The molecule has 0 saturated heterocycles. The smallest absolute Gasteiger partial charge is 0.161 e. The monoisotopic (exact) mass is 289 g/mol. The number of ether oxygens (including phenoxy) is 2. The summed E-state index contributed by atoms with van der Waals surface area (Å²) in [6.45, 7) is 5.19. The Morgan fingerprint density at radius 3 is 2.76 bits per heavy atom. The average Bonchev–Trinajstić information content (AvgIpc) is 3.00. The van der Waals surface area contributed by atoms with Crippen LogP contribution in [-0.2, 0) is 13.2 Å². The molecule has 0 radical (unpaired) electrons. The maximum absolute atomic E-state index is 5.80. The Kier molecular flexibility index (Phi) is 5.22. The highest BCUT2D eigenvalue weighted by molar-refractivity contribution is 5.42. The van der Waals surface area contributed by atoms with E-state index in [-0.39, 0.29) is 0 Å². The molecule has 0 bridgehead atoms. The van der Waals surface area contributed by atoms with Crippen molar-refractivity contribution in [3.63, 3.8) is 0 Å². The summed E-state index contributed by atoms with van der Waals surface area (Å²) < 4.78 is 13.1. The van der Waals surface area contributed by atoms with Crippen LogP contribution >= 0.6 is 0 Å². The first kappa shape index (κ1) is 15.4. The fraction of sp³-hybridized carbons (Fsp3) is 0.438. The Bertz CT molecular complexity index is 581. The second kappa shape index (κ2) is 7.13. The summed E-state index contributed by atoms with van der Waals surface area (Å²) in [7, 11) is 1.63. The number of nitrogens with two attached hydrogens (primary N) is 1. The van der Waals surface area contributed by atoms with Gasteiger partial charge >= 0.3 is 0 Å². The van der Waals surface area contributed by atoms with Crippen molar-refractivity contribution in [3.8, 4) is 11.5 Å². The summed E-state index contributed by atoms with van der Waals surface area (Å²) in [5.74, 6) is 1.40. The highest BCUT2D eigenvalue weighted by atomic mass is 16.5. The molecule has 1 aromatic heterocycles. The molecule has 1 unspecified atom stereocenters. The lowest BCUT2D eigenvalue weighted by Gasteiger charge is -2.11. The molecular formula is C16H23N3O2. The number of aromatic nitrogens is 2. The topological polar surface area (TPSA) is 62.3 Å². The van der Waals surface area contributed by atoms with Crippen molar-refractivity contribution in [1.82, 2.24) is 9.78 Å². The molecule has 0 saturated carbocycles. The number of benzene rings is 1. The van der Waals surface area contributed by atoms with Gasteiger partial charge in [-0.1, -0.05) is 13.0 Å². The van der Waals surface area contributed by atoms with Gasteiger partial charge in [0.15, 0.2) is 11.5 Å². The predicted octanol–water partition coefficient (Wildman–Crippen LogP) is 2.90. The SMILES string of the molecule is CCC(C)n1ccc(COc2ccc(CN)cc2OC)n1. The molecule has 0 aliphatic rings. The Labute approximate surface area is 125 Å². The summed E-state index contributed by atoms with van der Waals surface area (Å²) in [6.07, 6.45) is 3.04. The van der Waals surface area contributed by atoms with E-state index in [1.807, 2.05) is 35.1 Å². The third kappa shape index (κ3) is 3.76. The Hall–Kier alpha value is -2.01. The molecule has 2 rings (SSSR count). The fourth-order valence-corrected chi connectivity index (χ4v) is 2.00. The van der Waals surface area contributed by atoms with Crippen LogP contribution in [-0.4, -0.2) is 16.9 Å². The number of nitrogens with zero attached hydrogens (tertiary/aromatic N) is 2. The maximum Gasteiger partial charge on any atom is 0.161 e. The second-order valence-electron chi connectivity index (χ2n) is 5.02. The molecule has 0 spiro atoms. The van der Waals surface area contributed by atoms with Crippen LogP contribution in [0.5, 0.6) is 11.5 Å². The van der Waals surface area contributed by atoms with Gasteiger partial charge in [-0.05, 0) is 37.1 Å². The summed E-state index contributed by atoms with van der Waals surface area (Å²) in [6, 6.07) is 8.10. The molecule has 1 heterocycles. The molecule has 1 atom stereocenters. The van der Waals surface area contributed by atoms with Crippen molar-refractivity contribution in [1.29, 1.82) is 0 Å². The zero-order valence-corrected chi connectivity index (χ0v) is 12.9. The van der Waals surface area contributed by atoms with E-state index in [9.17, 15) is 0 Å². The number of hydrogen-bond acceptors (Lipinski definition) is 4. The van der Waals surface area contributed by atoms with Crippen molar-refractivity contribution in [2.24, 2.45) is 5.73 Å². The lowest BCUT2D eigenvalue weighted by Crippen LogP contribution is -2.06. The van der Waals surface area contributed by atoms with Crippen molar-refractivity contribution < 1.29 is 9.47 Å². The third-order valence-electron chi connectivity index (χ3n) is 3.55. The molecule has 21 heavy (non-hydrogen) atoms. The number of rotatable bonds is 7. The van der Waals surface area contributed by atoms with E-state index in [1.165, 1.54) is 0 Å². The Balaban J connectivity index is 2.04. The molecular weight excluding hydrogens is 266 g/mol. The van der Waals surface area contributed by atoms with Crippen LogP contribution in [0.1, 0.15) is 37.6 Å². The fourth-order valence-electron chi connectivity index (χ4n) is 2.00. The van der Waals surface area contributed by atoms with Crippen LogP contribution in [0.25, 0.3) is 0 Å². The van der Waals surface area contributed by atoms with E-state index < -0.39 is 0 Å². The molecule has 2 aromatic rings.